The molecule has 4 rings (SSSR count). The number of nitrogens with one attached hydrogen (secondary N) is 2. The van der Waals surface area contributed by atoms with E-state index in [1.807, 2.05) is 0 Å². The molecule has 0 saturated heterocycles. The molecular formula is C26H20F3N3O3S. The van der Waals surface area contributed by atoms with E-state index >= 15 is 0 Å². The van der Waals surface area contributed by atoms with Gasteiger partial charge in [0, 0.05) is 17.4 Å². The van der Waals surface area contributed by atoms with Gasteiger partial charge >= 0.3 is 12.2 Å². The highest BCUT2D eigenvalue weighted by Gasteiger charge is 2.30. The Morgan fingerprint density at radius 1 is 0.833 bits per heavy atom. The lowest BCUT2D eigenvalue weighted by Gasteiger charge is -2.15. The van der Waals surface area contributed by atoms with E-state index in [2.05, 4.69) is 15.6 Å². The maximum Gasteiger partial charge on any atom is 0.416 e. The summed E-state index contributed by atoms with van der Waals surface area (Å²) >= 11 is 0. The van der Waals surface area contributed by atoms with Crippen LogP contribution in [0.4, 0.5) is 29.3 Å². The highest BCUT2D eigenvalue weighted by molar-refractivity contribution is 7.90. The molecule has 2 N–H and O–H groups in total. The summed E-state index contributed by atoms with van der Waals surface area (Å²) in [5.74, 6) is -0.243. The summed E-state index contributed by atoms with van der Waals surface area (Å²) in [6.07, 6.45) is -3.02. The Balaban J connectivity index is 1.65. The van der Waals surface area contributed by atoms with Gasteiger partial charge in [-0.1, -0.05) is 42.5 Å². The van der Waals surface area contributed by atoms with Crippen molar-refractivity contribution in [1.82, 2.24) is 4.98 Å². The Morgan fingerprint density at radius 3 is 2.28 bits per heavy atom. The van der Waals surface area contributed by atoms with Gasteiger partial charge in [0.2, 0.25) is 0 Å². The van der Waals surface area contributed by atoms with Gasteiger partial charge in [0.1, 0.15) is 0 Å². The van der Waals surface area contributed by atoms with Crippen molar-refractivity contribution in [2.24, 2.45) is 0 Å². The van der Waals surface area contributed by atoms with Crippen molar-refractivity contribution in [1.29, 1.82) is 0 Å². The second-order valence-corrected chi connectivity index (χ2v) is 9.81. The Bertz CT molecular complexity index is 1480. The summed E-state index contributed by atoms with van der Waals surface area (Å²) in [5, 5.41) is 4.92. The molecule has 3 aromatic carbocycles. The zero-order valence-electron chi connectivity index (χ0n) is 18.7. The number of benzene rings is 3. The number of rotatable bonds is 6. The van der Waals surface area contributed by atoms with Crippen molar-refractivity contribution in [3.63, 3.8) is 0 Å². The Kier molecular flexibility index (Phi) is 7.07. The van der Waals surface area contributed by atoms with E-state index in [0.717, 1.165) is 12.1 Å². The molecule has 0 aliphatic rings. The van der Waals surface area contributed by atoms with E-state index in [-0.39, 0.29) is 22.0 Å². The number of hydrogen-bond donors (Lipinski definition) is 2. The second kappa shape index (κ2) is 10.2. The SMILES string of the molecule is O=C(Nc1cccc(C(F)(F)F)c1)Nc1cc(S(=O)(=O)Cc2ccccc2)ccc1-c1ccccn1. The van der Waals surface area contributed by atoms with Crippen LogP contribution in [0.2, 0.25) is 0 Å². The highest BCUT2D eigenvalue weighted by Crippen LogP contribution is 2.32. The summed E-state index contributed by atoms with van der Waals surface area (Å²) in [7, 11) is -3.77. The highest BCUT2D eigenvalue weighted by atomic mass is 32.2. The van der Waals surface area contributed by atoms with Crippen molar-refractivity contribution in [2.45, 2.75) is 16.8 Å². The number of amides is 2. The zero-order valence-corrected chi connectivity index (χ0v) is 19.5. The third-order valence-electron chi connectivity index (χ3n) is 5.19. The molecule has 2 amide bonds. The van der Waals surface area contributed by atoms with Gasteiger partial charge in [-0.2, -0.15) is 13.2 Å². The van der Waals surface area contributed by atoms with Crippen LogP contribution in [0.15, 0.2) is 102 Å². The van der Waals surface area contributed by atoms with Crippen molar-refractivity contribution < 1.29 is 26.4 Å². The standard InChI is InChI=1S/C26H20F3N3O3S/c27-26(28,29)19-9-6-10-20(15-19)31-25(33)32-24-16-21(12-13-22(24)23-11-4-5-14-30-23)36(34,35)17-18-7-2-1-3-8-18/h1-16H,17H2,(H2,31,32,33). The molecule has 6 nitrogen and oxygen atoms in total. The lowest BCUT2D eigenvalue weighted by Crippen LogP contribution is -2.20. The van der Waals surface area contributed by atoms with Crippen LogP contribution in [0.5, 0.6) is 0 Å². The Labute approximate surface area is 205 Å². The van der Waals surface area contributed by atoms with E-state index < -0.39 is 27.6 Å². The molecule has 10 heteroatoms. The van der Waals surface area contributed by atoms with E-state index in [1.54, 1.807) is 54.7 Å². The lowest BCUT2D eigenvalue weighted by atomic mass is 10.1. The average molecular weight is 512 g/mol. The molecule has 1 aromatic heterocycles. The predicted molar refractivity (Wildman–Crippen MR) is 131 cm³/mol. The van der Waals surface area contributed by atoms with Crippen molar-refractivity contribution in [2.75, 3.05) is 10.6 Å². The number of carbonyl (C=O) groups excluding carboxylic acids is 1. The van der Waals surface area contributed by atoms with Crippen LogP contribution in [0.1, 0.15) is 11.1 Å². The number of alkyl halides is 3. The minimum atomic E-state index is -4.57. The first kappa shape index (κ1) is 24.9. The van der Waals surface area contributed by atoms with E-state index in [1.165, 1.54) is 30.3 Å². The quantitative estimate of drug-likeness (QED) is 0.314. The van der Waals surface area contributed by atoms with Crippen molar-refractivity contribution in [3.8, 4) is 11.3 Å². The third kappa shape index (κ3) is 6.08. The van der Waals surface area contributed by atoms with Crippen molar-refractivity contribution in [3.05, 3.63) is 108 Å². The maximum atomic E-state index is 13.1. The zero-order chi connectivity index (χ0) is 25.8. The first-order chi connectivity index (χ1) is 17.1. The van der Waals surface area contributed by atoms with Gasteiger partial charge in [-0.25, -0.2) is 13.2 Å². The summed E-state index contributed by atoms with van der Waals surface area (Å²) in [4.78, 5) is 16.9. The molecular weight excluding hydrogens is 491 g/mol. The predicted octanol–water partition coefficient (Wildman–Crippen LogP) is 6.39. The summed E-state index contributed by atoms with van der Waals surface area (Å²) in [6, 6.07) is 21.4. The minimum absolute atomic E-state index is 0.0274. The molecule has 0 bridgehead atoms. The number of nitrogens with zero attached hydrogens (tertiary/aromatic N) is 1. The molecule has 0 aliphatic carbocycles. The lowest BCUT2D eigenvalue weighted by molar-refractivity contribution is -0.137. The average Bonchev–Trinajstić information content (AvgIpc) is 2.84. The molecule has 0 saturated carbocycles. The van der Waals surface area contributed by atoms with Gasteiger partial charge in [-0.3, -0.25) is 4.98 Å². The van der Waals surface area contributed by atoms with Crippen LogP contribution in [0.3, 0.4) is 0 Å². The summed E-state index contributed by atoms with van der Waals surface area (Å²) in [5.41, 5.74) is 0.654. The van der Waals surface area contributed by atoms with Crippen LogP contribution in [0, 0.1) is 0 Å². The number of carbonyl (C=O) groups is 1. The fraction of sp³-hybridized carbons (Fsp3) is 0.0769. The number of halogens is 3. The molecule has 1 heterocycles. The number of anilines is 2. The fourth-order valence-electron chi connectivity index (χ4n) is 3.50. The second-order valence-electron chi connectivity index (χ2n) is 7.82. The van der Waals surface area contributed by atoms with Gasteiger partial charge in [0.25, 0.3) is 0 Å². The summed E-state index contributed by atoms with van der Waals surface area (Å²) in [6.45, 7) is 0. The van der Waals surface area contributed by atoms with Crippen LogP contribution < -0.4 is 10.6 Å². The fourth-order valence-corrected chi connectivity index (χ4v) is 4.87. The molecule has 0 aliphatic heterocycles. The normalized spacial score (nSPS) is 11.6. The number of urea groups is 1. The Hall–Kier alpha value is -4.18. The van der Waals surface area contributed by atoms with Crippen molar-refractivity contribution >= 4 is 27.2 Å². The first-order valence-corrected chi connectivity index (χ1v) is 12.3. The van der Waals surface area contributed by atoms with E-state index in [0.29, 0.717) is 16.8 Å². The third-order valence-corrected chi connectivity index (χ3v) is 6.87. The number of hydrogen-bond acceptors (Lipinski definition) is 4. The van der Waals surface area contributed by atoms with E-state index in [9.17, 15) is 26.4 Å². The monoisotopic (exact) mass is 511 g/mol. The first-order valence-electron chi connectivity index (χ1n) is 10.7. The molecule has 0 atom stereocenters. The van der Waals surface area contributed by atoms with E-state index in [4.69, 9.17) is 0 Å². The number of sulfone groups is 1. The molecule has 0 unspecified atom stereocenters. The maximum absolute atomic E-state index is 13.1. The largest absolute Gasteiger partial charge is 0.416 e. The minimum Gasteiger partial charge on any atom is -0.308 e. The van der Waals surface area contributed by atoms with Gasteiger partial charge in [-0.05, 0) is 54.1 Å². The van der Waals surface area contributed by atoms with Crippen LogP contribution in [0.25, 0.3) is 11.3 Å². The van der Waals surface area contributed by atoms with Gasteiger partial charge in [-0.15, -0.1) is 0 Å². The molecule has 0 spiro atoms. The smallest absolute Gasteiger partial charge is 0.308 e. The summed E-state index contributed by atoms with van der Waals surface area (Å²) < 4.78 is 65.2. The van der Waals surface area contributed by atoms with Crippen LogP contribution >= 0.6 is 0 Å². The molecule has 0 radical (unpaired) electrons. The van der Waals surface area contributed by atoms with Gasteiger partial charge in [0.15, 0.2) is 9.84 Å². The molecule has 184 valence electrons. The number of pyridine rings is 1. The Morgan fingerprint density at radius 2 is 1.58 bits per heavy atom. The number of aromatic nitrogens is 1. The van der Waals surface area contributed by atoms with Crippen LogP contribution in [-0.4, -0.2) is 19.4 Å². The van der Waals surface area contributed by atoms with Crippen LogP contribution in [-0.2, 0) is 21.8 Å². The van der Waals surface area contributed by atoms with Gasteiger partial charge in [0.05, 0.1) is 27.6 Å². The van der Waals surface area contributed by atoms with Gasteiger partial charge < -0.3 is 10.6 Å². The molecule has 0 fully saturated rings. The molecule has 36 heavy (non-hydrogen) atoms. The topological polar surface area (TPSA) is 88.2 Å². The molecule has 4 aromatic rings.